The van der Waals surface area contributed by atoms with Gasteiger partial charge >= 0.3 is 5.97 Å². The van der Waals surface area contributed by atoms with Crippen molar-refractivity contribution in [2.45, 2.75) is 33.8 Å². The second-order valence-electron chi connectivity index (χ2n) is 3.66. The molecule has 0 saturated carbocycles. The van der Waals surface area contributed by atoms with Crippen molar-refractivity contribution in [2.75, 3.05) is 0 Å². The van der Waals surface area contributed by atoms with Crippen molar-refractivity contribution in [1.82, 2.24) is 0 Å². The summed E-state index contributed by atoms with van der Waals surface area (Å²) in [5.74, 6) is -0.512. The van der Waals surface area contributed by atoms with Crippen LogP contribution in [-0.2, 0) is 14.3 Å². The van der Waals surface area contributed by atoms with Gasteiger partial charge in [0.2, 0.25) is 0 Å². The van der Waals surface area contributed by atoms with Gasteiger partial charge in [-0.05, 0) is 20.8 Å². The number of carbonyl (C=O) groups is 2. The number of carbonyl (C=O) groups excluding carboxylic acids is 2. The van der Waals surface area contributed by atoms with Gasteiger partial charge in [-0.3, -0.25) is 9.59 Å². The molecule has 1 saturated heterocycles. The first-order chi connectivity index (χ1) is 5.40. The average molecular weight is 170 g/mol. The Kier molecular flexibility index (Phi) is 1.98. The predicted octanol–water partition coefficient (Wildman–Crippen LogP) is 1.16. The third-order valence-corrected chi connectivity index (χ3v) is 3.06. The van der Waals surface area contributed by atoms with E-state index in [9.17, 15) is 9.59 Å². The average Bonchev–Trinajstić information content (AvgIpc) is 2.16. The Balaban J connectivity index is 3.04. The van der Waals surface area contributed by atoms with Crippen LogP contribution in [0.25, 0.3) is 0 Å². The first kappa shape index (κ1) is 9.23. The minimum absolute atomic E-state index is 0.0255. The molecule has 3 atom stereocenters. The van der Waals surface area contributed by atoms with Gasteiger partial charge in [-0.25, -0.2) is 0 Å². The number of hydrogen-bond acceptors (Lipinski definition) is 3. The summed E-state index contributed by atoms with van der Waals surface area (Å²) in [7, 11) is 0. The molecule has 12 heavy (non-hydrogen) atoms. The Morgan fingerprint density at radius 2 is 2.00 bits per heavy atom. The highest BCUT2D eigenvalue weighted by Gasteiger charge is 2.53. The summed E-state index contributed by atoms with van der Waals surface area (Å²) in [6.45, 7) is 6.79. The van der Waals surface area contributed by atoms with E-state index in [2.05, 4.69) is 0 Å². The van der Waals surface area contributed by atoms with Crippen LogP contribution in [0.4, 0.5) is 0 Å². The van der Waals surface area contributed by atoms with Crippen molar-refractivity contribution in [2.24, 2.45) is 11.3 Å². The maximum Gasteiger partial charge on any atom is 0.320 e. The zero-order chi connectivity index (χ0) is 9.52. The van der Waals surface area contributed by atoms with Gasteiger partial charge in [0.1, 0.15) is 17.3 Å². The van der Waals surface area contributed by atoms with Gasteiger partial charge in [-0.15, -0.1) is 0 Å². The number of ether oxygens (including phenoxy) is 1. The SMILES string of the molecule is CC(=O)[C@@]1(C)C(=O)O[C@H](C)[C@H]1C. The molecule has 1 aliphatic heterocycles. The van der Waals surface area contributed by atoms with Gasteiger partial charge in [0.05, 0.1) is 0 Å². The highest BCUT2D eigenvalue weighted by molar-refractivity contribution is 6.03. The van der Waals surface area contributed by atoms with Crippen molar-refractivity contribution in [1.29, 1.82) is 0 Å². The molecule has 0 aliphatic carbocycles. The molecular formula is C9H14O3. The lowest BCUT2D eigenvalue weighted by Crippen LogP contribution is -2.36. The molecule has 0 amide bonds. The Morgan fingerprint density at radius 3 is 2.17 bits per heavy atom. The van der Waals surface area contributed by atoms with Crippen LogP contribution in [0.3, 0.4) is 0 Å². The van der Waals surface area contributed by atoms with Gasteiger partial charge in [-0.2, -0.15) is 0 Å². The number of esters is 1. The van der Waals surface area contributed by atoms with E-state index in [1.54, 1.807) is 6.92 Å². The molecule has 1 aliphatic rings. The highest BCUT2D eigenvalue weighted by Crippen LogP contribution is 2.39. The minimum Gasteiger partial charge on any atom is -0.462 e. The van der Waals surface area contributed by atoms with Crippen LogP contribution < -0.4 is 0 Å². The lowest BCUT2D eigenvalue weighted by Gasteiger charge is -2.21. The summed E-state index contributed by atoms with van der Waals surface area (Å²) in [6.07, 6.45) is -0.147. The van der Waals surface area contributed by atoms with Crippen molar-refractivity contribution in [3.63, 3.8) is 0 Å². The van der Waals surface area contributed by atoms with E-state index in [1.807, 2.05) is 13.8 Å². The van der Waals surface area contributed by atoms with E-state index >= 15 is 0 Å². The monoisotopic (exact) mass is 170 g/mol. The fourth-order valence-electron chi connectivity index (χ4n) is 1.51. The molecule has 0 aromatic rings. The molecule has 0 unspecified atom stereocenters. The van der Waals surface area contributed by atoms with Gasteiger partial charge < -0.3 is 4.74 Å². The van der Waals surface area contributed by atoms with Crippen LogP contribution in [0, 0.1) is 11.3 Å². The van der Waals surface area contributed by atoms with Crippen LogP contribution in [0.2, 0.25) is 0 Å². The summed E-state index contributed by atoms with van der Waals surface area (Å²) in [5, 5.41) is 0. The second kappa shape index (κ2) is 2.57. The van der Waals surface area contributed by atoms with Crippen molar-refractivity contribution >= 4 is 11.8 Å². The number of ketones is 1. The lowest BCUT2D eigenvalue weighted by molar-refractivity contribution is -0.151. The number of hydrogen-bond donors (Lipinski definition) is 0. The van der Waals surface area contributed by atoms with E-state index < -0.39 is 5.41 Å². The summed E-state index contributed by atoms with van der Waals surface area (Å²) in [5.41, 5.74) is -0.917. The molecule has 0 aromatic carbocycles. The smallest absolute Gasteiger partial charge is 0.320 e. The first-order valence-corrected chi connectivity index (χ1v) is 4.12. The summed E-state index contributed by atoms with van der Waals surface area (Å²) in [4.78, 5) is 22.5. The highest BCUT2D eigenvalue weighted by atomic mass is 16.6. The second-order valence-corrected chi connectivity index (χ2v) is 3.66. The maximum absolute atomic E-state index is 11.3. The van der Waals surface area contributed by atoms with E-state index in [0.29, 0.717) is 0 Å². The van der Waals surface area contributed by atoms with Gasteiger partial charge in [0, 0.05) is 5.92 Å². The third-order valence-electron chi connectivity index (χ3n) is 3.06. The fraction of sp³-hybridized carbons (Fsp3) is 0.778. The molecule has 1 heterocycles. The van der Waals surface area contributed by atoms with E-state index in [4.69, 9.17) is 4.74 Å². The molecule has 1 fully saturated rings. The molecular weight excluding hydrogens is 156 g/mol. The van der Waals surface area contributed by atoms with Gasteiger partial charge in [0.25, 0.3) is 0 Å². The van der Waals surface area contributed by atoms with Crippen LogP contribution in [0.1, 0.15) is 27.7 Å². The lowest BCUT2D eigenvalue weighted by atomic mass is 9.75. The molecule has 0 bridgehead atoms. The van der Waals surface area contributed by atoms with Crippen molar-refractivity contribution < 1.29 is 14.3 Å². The molecule has 3 nitrogen and oxygen atoms in total. The summed E-state index contributed by atoms with van der Waals surface area (Å²) < 4.78 is 4.99. The van der Waals surface area contributed by atoms with E-state index in [1.165, 1.54) is 6.92 Å². The summed E-state index contributed by atoms with van der Waals surface area (Å²) >= 11 is 0. The standard InChI is InChI=1S/C9H14O3/c1-5-6(2)12-8(11)9(5,4)7(3)10/h5-6H,1-4H3/t5-,6-,9+/m1/s1. The maximum atomic E-state index is 11.3. The Bertz CT molecular complexity index is 234. The van der Waals surface area contributed by atoms with Crippen molar-refractivity contribution in [3.8, 4) is 0 Å². The molecule has 0 spiro atoms. The zero-order valence-corrected chi connectivity index (χ0v) is 7.88. The van der Waals surface area contributed by atoms with E-state index in [-0.39, 0.29) is 23.8 Å². The number of Topliss-reactive ketones (excluding diaryl/α,β-unsaturated/α-hetero) is 1. The molecule has 68 valence electrons. The van der Waals surface area contributed by atoms with E-state index in [0.717, 1.165) is 0 Å². The first-order valence-electron chi connectivity index (χ1n) is 4.12. The number of cyclic esters (lactones) is 1. The Labute approximate surface area is 72.1 Å². The van der Waals surface area contributed by atoms with Gasteiger partial charge in [-0.1, -0.05) is 6.92 Å². The molecule has 0 radical (unpaired) electrons. The quantitative estimate of drug-likeness (QED) is 0.438. The normalized spacial score (nSPS) is 41.2. The Morgan fingerprint density at radius 1 is 1.50 bits per heavy atom. The third kappa shape index (κ3) is 0.958. The summed E-state index contributed by atoms with van der Waals surface area (Å²) in [6, 6.07) is 0. The molecule has 0 N–H and O–H groups in total. The van der Waals surface area contributed by atoms with Crippen LogP contribution in [-0.4, -0.2) is 17.9 Å². The van der Waals surface area contributed by atoms with Crippen LogP contribution in [0.15, 0.2) is 0 Å². The minimum atomic E-state index is -0.917. The number of rotatable bonds is 1. The predicted molar refractivity (Wildman–Crippen MR) is 43.5 cm³/mol. The zero-order valence-electron chi connectivity index (χ0n) is 7.88. The van der Waals surface area contributed by atoms with Gasteiger partial charge in [0.15, 0.2) is 0 Å². The largest absolute Gasteiger partial charge is 0.462 e. The fourth-order valence-corrected chi connectivity index (χ4v) is 1.51. The topological polar surface area (TPSA) is 43.4 Å². The van der Waals surface area contributed by atoms with Crippen LogP contribution >= 0.6 is 0 Å². The molecule has 1 rings (SSSR count). The molecule has 0 aromatic heterocycles. The van der Waals surface area contributed by atoms with Crippen molar-refractivity contribution in [3.05, 3.63) is 0 Å². The molecule has 3 heteroatoms. The Hall–Kier alpha value is -0.860. The van der Waals surface area contributed by atoms with Crippen LogP contribution in [0.5, 0.6) is 0 Å².